The van der Waals surface area contributed by atoms with Crippen molar-refractivity contribution in [2.45, 2.75) is 67.5 Å². The summed E-state index contributed by atoms with van der Waals surface area (Å²) in [5.74, 6) is 0. The van der Waals surface area contributed by atoms with Gasteiger partial charge in [0, 0.05) is 0 Å². The lowest BCUT2D eigenvalue weighted by Gasteiger charge is -2.37. The molecule has 2 heterocycles. The molecule has 11 nitrogen and oxygen atoms in total. The predicted molar refractivity (Wildman–Crippen MR) is 75.6 cm³/mol. The van der Waals surface area contributed by atoms with Crippen molar-refractivity contribution < 1.29 is 45.2 Å². The van der Waals surface area contributed by atoms with Crippen LogP contribution in [0, 0.1) is 0 Å². The van der Waals surface area contributed by atoms with Crippen LogP contribution in [0.15, 0.2) is 4.99 Å². The van der Waals surface area contributed by atoms with E-state index in [9.17, 15) is 35.7 Å². The normalized spacial score (nSPS) is 56.0. The Labute approximate surface area is 136 Å². The number of fused-ring (bicyclic) bond motifs is 1. The summed E-state index contributed by atoms with van der Waals surface area (Å²) in [4.78, 5) is 3.95. The summed E-state index contributed by atoms with van der Waals surface area (Å²) >= 11 is 0. The molecule has 0 bridgehead atoms. The average molecular weight is 350 g/mol. The molecule has 2 saturated heterocycles. The highest BCUT2D eigenvalue weighted by Crippen LogP contribution is 2.36. The smallest absolute Gasteiger partial charge is 0.288 e. The summed E-state index contributed by atoms with van der Waals surface area (Å²) in [6.07, 6.45) is -10.4. The van der Waals surface area contributed by atoms with E-state index in [1.807, 2.05) is 0 Å². The third-order valence-electron chi connectivity index (χ3n) is 4.89. The molecule has 0 radical (unpaired) electrons. The van der Waals surface area contributed by atoms with Crippen molar-refractivity contribution in [3.63, 3.8) is 0 Å². The molecule has 138 valence electrons. The number of hydrogen-bond donors (Lipinski definition) is 8. The summed E-state index contributed by atoms with van der Waals surface area (Å²) in [5.41, 5.74) is -2.03. The Bertz CT molecular complexity index is 520. The standard InChI is InChI=1S/C13H22N2O9/c1-3-4(17)5(18)6(19)11(23-3)15-12-14-9-8(24-12)7(20)10(21)13(9,22)2-16/h3-11,16-22H,2H2,1H3,(H,14,15)/t3-,4-,5+,6-,7-,8-,9-,10+,11+,13+/m1/s1. The zero-order chi connectivity index (χ0) is 17.8. The minimum absolute atomic E-state index is 0.192. The molecule has 10 atom stereocenters. The van der Waals surface area contributed by atoms with Gasteiger partial charge in [0.05, 0.1) is 12.7 Å². The topological polar surface area (TPSA) is 184 Å². The fourth-order valence-electron chi connectivity index (χ4n) is 3.29. The number of aliphatic hydroxyl groups excluding tert-OH is 6. The Morgan fingerprint density at radius 3 is 2.38 bits per heavy atom. The number of aliphatic imine (C=N–C) groups is 1. The van der Waals surface area contributed by atoms with E-state index in [2.05, 4.69) is 10.3 Å². The largest absolute Gasteiger partial charge is 0.457 e. The second kappa shape index (κ2) is 6.04. The van der Waals surface area contributed by atoms with Crippen LogP contribution in [0.4, 0.5) is 0 Å². The molecule has 0 aromatic heterocycles. The molecular weight excluding hydrogens is 328 g/mol. The van der Waals surface area contributed by atoms with Gasteiger partial charge in [0.15, 0.2) is 12.3 Å². The fourth-order valence-corrected chi connectivity index (χ4v) is 3.29. The second-order valence-electron chi connectivity index (χ2n) is 6.43. The molecule has 3 fully saturated rings. The number of hydrogen-bond acceptors (Lipinski definition) is 10. The Balaban J connectivity index is 1.78. The molecule has 24 heavy (non-hydrogen) atoms. The van der Waals surface area contributed by atoms with Gasteiger partial charge in [0.2, 0.25) is 0 Å². The van der Waals surface area contributed by atoms with Crippen LogP contribution in [0.5, 0.6) is 0 Å². The summed E-state index contributed by atoms with van der Waals surface area (Å²) in [5, 5.41) is 71.3. The van der Waals surface area contributed by atoms with Gasteiger partial charge in [0.25, 0.3) is 6.02 Å². The van der Waals surface area contributed by atoms with Crippen molar-refractivity contribution in [1.82, 2.24) is 5.32 Å². The zero-order valence-electron chi connectivity index (χ0n) is 12.8. The highest BCUT2D eigenvalue weighted by atomic mass is 16.6. The third-order valence-corrected chi connectivity index (χ3v) is 4.89. The molecule has 2 aliphatic heterocycles. The summed E-state index contributed by atoms with van der Waals surface area (Å²) in [6.45, 7) is 0.676. The van der Waals surface area contributed by atoms with Crippen LogP contribution in [0.2, 0.25) is 0 Å². The van der Waals surface area contributed by atoms with Crippen LogP contribution in [0.25, 0.3) is 0 Å². The van der Waals surface area contributed by atoms with E-state index >= 15 is 0 Å². The van der Waals surface area contributed by atoms with Gasteiger partial charge in [-0.2, -0.15) is 0 Å². The zero-order valence-corrected chi connectivity index (χ0v) is 12.8. The molecule has 0 spiro atoms. The van der Waals surface area contributed by atoms with Crippen molar-refractivity contribution in [3.05, 3.63) is 0 Å². The molecular formula is C13H22N2O9. The van der Waals surface area contributed by atoms with Crippen LogP contribution in [0.3, 0.4) is 0 Å². The predicted octanol–water partition coefficient (Wildman–Crippen LogP) is -5.01. The maximum atomic E-state index is 10.3. The van der Waals surface area contributed by atoms with Crippen molar-refractivity contribution in [3.8, 4) is 0 Å². The number of ether oxygens (including phenoxy) is 2. The van der Waals surface area contributed by atoms with Crippen molar-refractivity contribution >= 4 is 6.02 Å². The van der Waals surface area contributed by atoms with Gasteiger partial charge in [-0.1, -0.05) is 0 Å². The Hall–Kier alpha value is -1.05. The van der Waals surface area contributed by atoms with Crippen LogP contribution >= 0.6 is 0 Å². The summed E-state index contributed by atoms with van der Waals surface area (Å²) in [7, 11) is 0. The lowest BCUT2D eigenvalue weighted by Crippen LogP contribution is -2.57. The molecule has 3 rings (SSSR count). The minimum Gasteiger partial charge on any atom is -0.457 e. The van der Waals surface area contributed by atoms with E-state index < -0.39 is 67.2 Å². The van der Waals surface area contributed by atoms with Gasteiger partial charge in [-0.3, -0.25) is 0 Å². The van der Waals surface area contributed by atoms with Gasteiger partial charge in [-0.15, -0.1) is 0 Å². The minimum atomic E-state index is -2.03. The maximum Gasteiger partial charge on any atom is 0.288 e. The first kappa shape index (κ1) is 17.8. The van der Waals surface area contributed by atoms with E-state index in [-0.39, 0.29) is 6.02 Å². The van der Waals surface area contributed by atoms with Gasteiger partial charge in [-0.05, 0) is 6.92 Å². The molecule has 3 aliphatic rings. The van der Waals surface area contributed by atoms with Crippen molar-refractivity contribution in [2.24, 2.45) is 4.99 Å². The van der Waals surface area contributed by atoms with E-state index in [0.717, 1.165) is 0 Å². The van der Waals surface area contributed by atoms with E-state index in [1.165, 1.54) is 6.92 Å². The van der Waals surface area contributed by atoms with Crippen LogP contribution in [-0.2, 0) is 9.47 Å². The van der Waals surface area contributed by atoms with Crippen LogP contribution < -0.4 is 5.32 Å². The molecule has 1 aliphatic carbocycles. The van der Waals surface area contributed by atoms with Gasteiger partial charge >= 0.3 is 0 Å². The fraction of sp³-hybridized carbons (Fsp3) is 0.923. The Kier molecular flexibility index (Phi) is 4.47. The second-order valence-corrected chi connectivity index (χ2v) is 6.43. The number of amidine groups is 1. The molecule has 11 heteroatoms. The number of rotatable bonds is 2. The first-order valence-electron chi connectivity index (χ1n) is 7.60. The third kappa shape index (κ3) is 2.48. The lowest BCUT2D eigenvalue weighted by atomic mass is 9.96. The molecule has 0 aromatic rings. The summed E-state index contributed by atoms with van der Waals surface area (Å²) in [6, 6.07) is -1.22. The van der Waals surface area contributed by atoms with Crippen molar-refractivity contribution in [1.29, 1.82) is 0 Å². The van der Waals surface area contributed by atoms with E-state index in [0.29, 0.717) is 0 Å². The van der Waals surface area contributed by atoms with Gasteiger partial charge in [-0.25, -0.2) is 4.99 Å². The highest BCUT2D eigenvalue weighted by Gasteiger charge is 2.64. The molecule has 0 aromatic carbocycles. The molecule has 1 saturated carbocycles. The number of aliphatic hydroxyl groups is 7. The number of nitrogens with zero attached hydrogens (tertiary/aromatic N) is 1. The molecule has 8 N–H and O–H groups in total. The Morgan fingerprint density at radius 1 is 1.08 bits per heavy atom. The Morgan fingerprint density at radius 2 is 1.75 bits per heavy atom. The lowest BCUT2D eigenvalue weighted by molar-refractivity contribution is -0.214. The van der Waals surface area contributed by atoms with Crippen LogP contribution in [0.1, 0.15) is 6.92 Å². The maximum absolute atomic E-state index is 10.3. The molecule has 0 unspecified atom stereocenters. The monoisotopic (exact) mass is 350 g/mol. The first-order valence-corrected chi connectivity index (χ1v) is 7.60. The van der Waals surface area contributed by atoms with Gasteiger partial charge in [0.1, 0.15) is 42.2 Å². The average Bonchev–Trinajstić information content (AvgIpc) is 3.05. The van der Waals surface area contributed by atoms with Crippen LogP contribution in [-0.4, -0.2) is 109 Å². The highest BCUT2D eigenvalue weighted by molar-refractivity contribution is 5.77. The SMILES string of the molecule is C[C@H]1O[C@H](/N=C2/N[C@@H]3[C@H](O2)[C@@H](O)[C@H](O)[C@]3(O)CO)[C@H](O)[C@@H](O)[C@@H]1O. The number of nitrogens with one attached hydrogen (secondary N) is 1. The first-order chi connectivity index (χ1) is 11.2. The summed E-state index contributed by atoms with van der Waals surface area (Å²) < 4.78 is 10.6. The van der Waals surface area contributed by atoms with E-state index in [4.69, 9.17) is 9.47 Å². The van der Waals surface area contributed by atoms with Gasteiger partial charge < -0.3 is 50.5 Å². The quantitative estimate of drug-likeness (QED) is 0.240. The molecule has 0 amide bonds. The van der Waals surface area contributed by atoms with E-state index in [1.54, 1.807) is 0 Å². The van der Waals surface area contributed by atoms with Crippen molar-refractivity contribution in [2.75, 3.05) is 6.61 Å².